The molecule has 2 aromatic heterocycles. The minimum atomic E-state index is -0.476. The molecule has 0 aliphatic heterocycles. The third kappa shape index (κ3) is 3.58. The van der Waals surface area contributed by atoms with Crippen molar-refractivity contribution >= 4 is 34.2 Å². The van der Waals surface area contributed by atoms with Crippen LogP contribution in [0.3, 0.4) is 0 Å². The van der Waals surface area contributed by atoms with Crippen LogP contribution in [0.15, 0.2) is 52.8 Å². The molecular weight excluding hydrogens is 354 g/mol. The molecule has 0 saturated heterocycles. The van der Waals surface area contributed by atoms with Gasteiger partial charge in [0.1, 0.15) is 6.33 Å². The van der Waals surface area contributed by atoms with Gasteiger partial charge in [-0.15, -0.1) is 0 Å². The molecule has 0 amide bonds. The lowest BCUT2D eigenvalue weighted by atomic mass is 10.2. The highest BCUT2D eigenvalue weighted by Gasteiger charge is 2.27. The number of aliphatic hydroxyl groups is 1. The van der Waals surface area contributed by atoms with Crippen LogP contribution >= 0.6 is 11.8 Å². The van der Waals surface area contributed by atoms with Gasteiger partial charge in [-0.3, -0.25) is 15.1 Å². The van der Waals surface area contributed by atoms with Crippen molar-refractivity contribution in [2.45, 2.75) is 16.8 Å². The Morgan fingerprint density at radius 3 is 2.77 bits per heavy atom. The van der Waals surface area contributed by atoms with Gasteiger partial charge >= 0.3 is 5.69 Å². The third-order valence-electron chi connectivity index (χ3n) is 3.81. The molecule has 0 saturated carbocycles. The molecule has 1 aromatic carbocycles. The van der Waals surface area contributed by atoms with Crippen LogP contribution in [0, 0.1) is 10.1 Å². The van der Waals surface area contributed by atoms with Crippen LogP contribution in [-0.4, -0.2) is 44.7 Å². The fourth-order valence-electron chi connectivity index (χ4n) is 2.62. The molecule has 0 aliphatic rings. The van der Waals surface area contributed by atoms with Gasteiger partial charge in [0.15, 0.2) is 5.03 Å². The van der Waals surface area contributed by atoms with E-state index in [0.717, 1.165) is 15.8 Å². The molecule has 9 heteroatoms. The van der Waals surface area contributed by atoms with E-state index in [1.54, 1.807) is 11.1 Å². The quantitative estimate of drug-likeness (QED) is 0.384. The fraction of sp³-hybridized carbons (Fsp3) is 0.235. The zero-order valence-electron chi connectivity index (χ0n) is 14.1. The number of para-hydroxylation sites is 1. The lowest BCUT2D eigenvalue weighted by molar-refractivity contribution is -0.387. The van der Waals surface area contributed by atoms with E-state index >= 15 is 0 Å². The van der Waals surface area contributed by atoms with Crippen LogP contribution in [0.5, 0.6) is 0 Å². The molecule has 0 bridgehead atoms. The molecule has 8 nitrogen and oxygen atoms in total. The summed E-state index contributed by atoms with van der Waals surface area (Å²) >= 11 is 1.19. The standard InChI is InChI=1S/C17H17N5O3S/c1-2-21(9-10-23)16-15(22(24)25)17(20-11-19-16)26-13-7-3-5-12-6-4-8-18-14(12)13/h3-8,11,23H,2,9-10H2,1H3. The number of rotatable bonds is 7. The van der Waals surface area contributed by atoms with Crippen molar-refractivity contribution < 1.29 is 10.0 Å². The topological polar surface area (TPSA) is 105 Å². The summed E-state index contributed by atoms with van der Waals surface area (Å²) in [5.41, 5.74) is 0.595. The summed E-state index contributed by atoms with van der Waals surface area (Å²) in [5.74, 6) is 0.206. The molecule has 134 valence electrons. The van der Waals surface area contributed by atoms with Crippen molar-refractivity contribution in [2.24, 2.45) is 0 Å². The van der Waals surface area contributed by atoms with Gasteiger partial charge in [-0.25, -0.2) is 9.97 Å². The van der Waals surface area contributed by atoms with Gasteiger partial charge in [0.2, 0.25) is 5.82 Å². The number of anilines is 1. The molecular formula is C17H17N5O3S. The smallest absolute Gasteiger partial charge is 0.343 e. The van der Waals surface area contributed by atoms with Crippen molar-refractivity contribution in [1.29, 1.82) is 0 Å². The van der Waals surface area contributed by atoms with Crippen LogP contribution in [-0.2, 0) is 0 Å². The van der Waals surface area contributed by atoms with Gasteiger partial charge in [-0.1, -0.05) is 30.0 Å². The van der Waals surface area contributed by atoms with Gasteiger partial charge in [0, 0.05) is 29.6 Å². The molecule has 0 spiro atoms. The van der Waals surface area contributed by atoms with Gasteiger partial charge in [0.05, 0.1) is 17.0 Å². The van der Waals surface area contributed by atoms with Crippen molar-refractivity contribution in [3.63, 3.8) is 0 Å². The second-order valence-electron chi connectivity index (χ2n) is 5.34. The number of aromatic nitrogens is 3. The lowest BCUT2D eigenvalue weighted by Crippen LogP contribution is -2.28. The highest BCUT2D eigenvalue weighted by molar-refractivity contribution is 7.99. The third-order valence-corrected chi connectivity index (χ3v) is 4.85. The molecule has 0 fully saturated rings. The van der Waals surface area contributed by atoms with Gasteiger partial charge in [-0.05, 0) is 19.1 Å². The van der Waals surface area contributed by atoms with Gasteiger partial charge in [0.25, 0.3) is 0 Å². The minimum Gasteiger partial charge on any atom is -0.395 e. The van der Waals surface area contributed by atoms with E-state index in [0.29, 0.717) is 6.54 Å². The first kappa shape index (κ1) is 18.0. The monoisotopic (exact) mass is 371 g/mol. The maximum Gasteiger partial charge on any atom is 0.343 e. The SMILES string of the molecule is CCN(CCO)c1ncnc(Sc2cccc3cccnc23)c1[N+](=O)[O-]. The predicted octanol–water partition coefficient (Wildman–Crippen LogP) is 2.90. The molecule has 0 atom stereocenters. The zero-order valence-corrected chi connectivity index (χ0v) is 14.9. The molecule has 3 rings (SSSR count). The summed E-state index contributed by atoms with van der Waals surface area (Å²) in [6.07, 6.45) is 3.00. The molecule has 0 aliphatic carbocycles. The van der Waals surface area contributed by atoms with Crippen LogP contribution < -0.4 is 4.90 Å². The number of hydrogen-bond donors (Lipinski definition) is 1. The highest BCUT2D eigenvalue weighted by Crippen LogP contribution is 2.39. The van der Waals surface area contributed by atoms with Crippen LogP contribution in [0.1, 0.15) is 6.92 Å². The number of hydrogen-bond acceptors (Lipinski definition) is 8. The molecule has 3 aromatic rings. The first-order valence-electron chi connectivity index (χ1n) is 8.02. The number of benzene rings is 1. The Labute approximate surface area is 154 Å². The highest BCUT2D eigenvalue weighted by atomic mass is 32.2. The molecule has 0 unspecified atom stereocenters. The Bertz CT molecular complexity index is 932. The fourth-order valence-corrected chi connectivity index (χ4v) is 3.60. The van der Waals surface area contributed by atoms with Gasteiger partial charge < -0.3 is 10.0 Å². The summed E-state index contributed by atoms with van der Waals surface area (Å²) in [5, 5.41) is 22.1. The van der Waals surface area contributed by atoms with E-state index in [-0.39, 0.29) is 29.7 Å². The van der Waals surface area contributed by atoms with E-state index in [1.807, 2.05) is 37.3 Å². The van der Waals surface area contributed by atoms with Crippen LogP contribution in [0.4, 0.5) is 11.5 Å². The number of fused-ring (bicyclic) bond motifs is 1. The summed E-state index contributed by atoms with van der Waals surface area (Å²) < 4.78 is 0. The van der Waals surface area contributed by atoms with Crippen LogP contribution in [0.2, 0.25) is 0 Å². The van der Waals surface area contributed by atoms with E-state index in [4.69, 9.17) is 0 Å². The number of nitrogens with zero attached hydrogens (tertiary/aromatic N) is 5. The Morgan fingerprint density at radius 1 is 1.23 bits per heavy atom. The number of nitro groups is 1. The largest absolute Gasteiger partial charge is 0.395 e. The molecule has 0 radical (unpaired) electrons. The average molecular weight is 371 g/mol. The number of pyridine rings is 1. The van der Waals surface area contributed by atoms with Crippen molar-refractivity contribution in [3.8, 4) is 0 Å². The summed E-state index contributed by atoms with van der Waals surface area (Å²) in [7, 11) is 0. The van der Waals surface area contributed by atoms with E-state index < -0.39 is 4.92 Å². The maximum absolute atomic E-state index is 11.7. The van der Waals surface area contributed by atoms with Crippen molar-refractivity contribution in [1.82, 2.24) is 15.0 Å². The number of aliphatic hydroxyl groups excluding tert-OH is 1. The Hall–Kier alpha value is -2.78. The second kappa shape index (κ2) is 8.07. The zero-order chi connectivity index (χ0) is 18.5. The molecule has 26 heavy (non-hydrogen) atoms. The first-order valence-corrected chi connectivity index (χ1v) is 8.84. The lowest BCUT2D eigenvalue weighted by Gasteiger charge is -2.20. The van der Waals surface area contributed by atoms with Gasteiger partial charge in [-0.2, -0.15) is 0 Å². The minimum absolute atomic E-state index is 0.120. The number of likely N-dealkylation sites (N-methyl/N-ethyl adjacent to an activating group) is 1. The molecule has 1 N–H and O–H groups in total. The van der Waals surface area contributed by atoms with E-state index in [1.165, 1.54) is 18.1 Å². The van der Waals surface area contributed by atoms with Crippen molar-refractivity contribution in [3.05, 3.63) is 53.0 Å². The van der Waals surface area contributed by atoms with Crippen LogP contribution in [0.25, 0.3) is 10.9 Å². The summed E-state index contributed by atoms with van der Waals surface area (Å²) in [6, 6.07) is 9.45. The first-order chi connectivity index (χ1) is 12.7. The second-order valence-corrected chi connectivity index (χ2v) is 6.38. The average Bonchev–Trinajstić information content (AvgIpc) is 2.66. The Morgan fingerprint density at radius 2 is 2.04 bits per heavy atom. The normalized spacial score (nSPS) is 10.8. The summed E-state index contributed by atoms with van der Waals surface area (Å²) in [4.78, 5) is 26.3. The molecule has 2 heterocycles. The predicted molar refractivity (Wildman–Crippen MR) is 99.5 cm³/mol. The maximum atomic E-state index is 11.7. The summed E-state index contributed by atoms with van der Waals surface area (Å²) in [6.45, 7) is 2.47. The van der Waals surface area contributed by atoms with E-state index in [9.17, 15) is 15.2 Å². The van der Waals surface area contributed by atoms with E-state index in [2.05, 4.69) is 15.0 Å². The Kier molecular flexibility index (Phi) is 5.59. The van der Waals surface area contributed by atoms with Crippen molar-refractivity contribution in [2.75, 3.05) is 24.6 Å². The Balaban J connectivity index is 2.08.